The van der Waals surface area contributed by atoms with E-state index in [9.17, 15) is 4.79 Å². The van der Waals surface area contributed by atoms with Crippen molar-refractivity contribution in [2.75, 3.05) is 26.2 Å². The normalized spacial score (nSPS) is 16.1. The molecule has 0 aliphatic carbocycles. The Morgan fingerprint density at radius 1 is 0.886 bits per heavy atom. The molecule has 2 aliphatic rings. The minimum Gasteiger partial charge on any atom is -0.444 e. The third-order valence-corrected chi connectivity index (χ3v) is 5.79. The number of ether oxygens (including phenoxy) is 1. The summed E-state index contributed by atoms with van der Waals surface area (Å²) in [4.78, 5) is 22.3. The van der Waals surface area contributed by atoms with E-state index in [1.807, 2.05) is 48.5 Å². The molecule has 4 rings (SSSR count). The number of nitrogens with one attached hydrogen (secondary N) is 3. The van der Waals surface area contributed by atoms with E-state index >= 15 is 0 Å². The molecule has 0 atom stereocenters. The lowest BCUT2D eigenvalue weighted by Crippen LogP contribution is -2.60. The molecule has 3 N–H and O–H groups in total. The van der Waals surface area contributed by atoms with Gasteiger partial charge in [-0.25, -0.2) is 4.79 Å². The van der Waals surface area contributed by atoms with E-state index in [4.69, 9.17) is 4.74 Å². The lowest BCUT2D eigenvalue weighted by molar-refractivity contribution is 0.00518. The molecule has 0 spiro atoms. The zero-order valence-electron chi connectivity index (χ0n) is 22.4. The topological polar surface area (TPSA) is 91.4 Å². The second kappa shape index (κ2) is 11.9. The molecule has 0 unspecified atom stereocenters. The highest BCUT2D eigenvalue weighted by molar-refractivity contribution is 5.69. The van der Waals surface area contributed by atoms with Crippen molar-refractivity contribution in [1.82, 2.24) is 30.8 Å². The largest absolute Gasteiger partial charge is 0.444 e. The first kappa shape index (κ1) is 27.0. The van der Waals surface area contributed by atoms with Crippen molar-refractivity contribution in [2.24, 2.45) is 0 Å². The van der Waals surface area contributed by atoms with E-state index < -0.39 is 5.60 Å². The van der Waals surface area contributed by atoms with E-state index in [1.54, 1.807) is 4.90 Å². The number of amides is 1. The highest BCUT2D eigenvalue weighted by atomic mass is 16.6. The van der Waals surface area contributed by atoms with E-state index in [1.165, 1.54) is 11.1 Å². The van der Waals surface area contributed by atoms with Gasteiger partial charge in [0.05, 0.1) is 0 Å². The van der Waals surface area contributed by atoms with Crippen LogP contribution in [0.15, 0.2) is 24.3 Å². The summed E-state index contributed by atoms with van der Waals surface area (Å²) in [5, 5.41) is 10.2. The molecule has 1 amide bonds. The van der Waals surface area contributed by atoms with Gasteiger partial charge in [0.1, 0.15) is 5.60 Å². The number of carbonyl (C=O) groups is 1. The number of hydrogen-bond acceptors (Lipinski definition) is 7. The lowest BCUT2D eigenvalue weighted by Gasteiger charge is -2.40. The maximum absolute atomic E-state index is 11.8. The van der Waals surface area contributed by atoms with Gasteiger partial charge in [0.2, 0.25) is 0 Å². The van der Waals surface area contributed by atoms with Gasteiger partial charge >= 0.3 is 6.09 Å². The van der Waals surface area contributed by atoms with Crippen LogP contribution in [0.2, 0.25) is 0 Å². The first-order valence-corrected chi connectivity index (χ1v) is 12.5. The Bertz CT molecular complexity index is 953. The fraction of sp³-hybridized carbons (Fsp3) is 0.593. The summed E-state index contributed by atoms with van der Waals surface area (Å²) in [5.74, 6) is 0. The molecule has 2 fully saturated rings. The average molecular weight is 483 g/mol. The molecule has 0 aromatic carbocycles. The van der Waals surface area contributed by atoms with Gasteiger partial charge in [0, 0.05) is 74.1 Å². The number of aromatic nitrogens is 2. The molecule has 2 aromatic heterocycles. The number of aryl methyl sites for hydroxylation is 4. The first-order valence-electron chi connectivity index (χ1n) is 12.5. The number of pyridine rings is 2. The molecular formula is C27H42N6O2. The van der Waals surface area contributed by atoms with Crippen LogP contribution in [0.1, 0.15) is 54.7 Å². The molecule has 0 radical (unpaired) electrons. The molecule has 8 nitrogen and oxygen atoms in total. The smallest absolute Gasteiger partial charge is 0.410 e. The number of hydrogen-bond donors (Lipinski definition) is 3. The summed E-state index contributed by atoms with van der Waals surface area (Å²) < 4.78 is 5.34. The zero-order valence-corrected chi connectivity index (χ0v) is 22.4. The van der Waals surface area contributed by atoms with E-state index in [0.29, 0.717) is 25.2 Å². The summed E-state index contributed by atoms with van der Waals surface area (Å²) in [6.07, 6.45) is -0.226. The Labute approximate surface area is 210 Å². The van der Waals surface area contributed by atoms with Gasteiger partial charge in [-0.1, -0.05) is 0 Å². The quantitative estimate of drug-likeness (QED) is 0.583. The highest BCUT2D eigenvalue weighted by Crippen LogP contribution is 2.16. The fourth-order valence-corrected chi connectivity index (χ4v) is 4.09. The summed E-state index contributed by atoms with van der Waals surface area (Å²) in [6.45, 7) is 19.1. The molecule has 0 saturated carbocycles. The second-order valence-corrected chi connectivity index (χ2v) is 10.7. The van der Waals surface area contributed by atoms with E-state index in [2.05, 4.69) is 50.2 Å². The van der Waals surface area contributed by atoms with E-state index in [0.717, 1.165) is 49.0 Å². The molecule has 2 saturated heterocycles. The Morgan fingerprint density at radius 3 is 1.69 bits per heavy atom. The van der Waals surface area contributed by atoms with Crippen LogP contribution >= 0.6 is 0 Å². The minimum atomic E-state index is -0.429. The van der Waals surface area contributed by atoms with Crippen LogP contribution in [0.25, 0.3) is 0 Å². The predicted molar refractivity (Wildman–Crippen MR) is 139 cm³/mol. The van der Waals surface area contributed by atoms with Crippen LogP contribution in [0.5, 0.6) is 0 Å². The first-order chi connectivity index (χ1) is 16.5. The van der Waals surface area contributed by atoms with Crippen molar-refractivity contribution in [1.29, 1.82) is 0 Å². The SMILES string of the molecule is Cc1cc(CNC2CN(C(=O)OC(C)(C)C)C2)cc(C)n1.Cc1cc(CNC2CNC2)cc(C)n1. The van der Waals surface area contributed by atoms with Gasteiger partial charge in [-0.05, 0) is 83.9 Å². The van der Waals surface area contributed by atoms with Crippen molar-refractivity contribution in [3.63, 3.8) is 0 Å². The van der Waals surface area contributed by atoms with Crippen molar-refractivity contribution in [3.8, 4) is 0 Å². The Kier molecular flexibility index (Phi) is 9.21. The Balaban J connectivity index is 0.000000211. The van der Waals surface area contributed by atoms with Crippen molar-refractivity contribution >= 4 is 6.09 Å². The van der Waals surface area contributed by atoms with Crippen LogP contribution in [-0.2, 0) is 17.8 Å². The summed E-state index contributed by atoms with van der Waals surface area (Å²) in [6, 6.07) is 9.46. The van der Waals surface area contributed by atoms with Gasteiger partial charge in [-0.15, -0.1) is 0 Å². The molecular weight excluding hydrogens is 440 g/mol. The number of likely N-dealkylation sites (tertiary alicyclic amines) is 1. The molecule has 4 heterocycles. The summed E-state index contributed by atoms with van der Waals surface area (Å²) >= 11 is 0. The average Bonchev–Trinajstić information content (AvgIpc) is 2.63. The fourth-order valence-electron chi connectivity index (χ4n) is 4.09. The molecule has 0 bridgehead atoms. The van der Waals surface area contributed by atoms with Crippen LogP contribution < -0.4 is 16.0 Å². The van der Waals surface area contributed by atoms with E-state index in [-0.39, 0.29) is 6.09 Å². The predicted octanol–water partition coefficient (Wildman–Crippen LogP) is 3.17. The molecule has 2 aliphatic heterocycles. The zero-order chi connectivity index (χ0) is 25.6. The lowest BCUT2D eigenvalue weighted by atomic mass is 10.1. The standard InChI is InChI=1S/C16H25N3O2.C11H17N3/c1-11-6-13(7-12(2)18-11)8-17-14-9-19(10-14)15(20)21-16(3,4)5;1-8-3-10(4-9(2)14-8)5-13-11-6-12-7-11/h6-7,14,17H,8-10H2,1-5H3;3-4,11-13H,5-7H2,1-2H3. The Hall–Kier alpha value is -2.55. The molecule has 8 heteroatoms. The number of rotatable bonds is 6. The molecule has 192 valence electrons. The van der Waals surface area contributed by atoms with Crippen molar-refractivity contribution in [3.05, 3.63) is 58.2 Å². The summed E-state index contributed by atoms with van der Waals surface area (Å²) in [7, 11) is 0. The maximum Gasteiger partial charge on any atom is 0.410 e. The van der Waals surface area contributed by atoms with Gasteiger partial charge in [0.25, 0.3) is 0 Å². The van der Waals surface area contributed by atoms with Gasteiger partial charge in [-0.2, -0.15) is 0 Å². The second-order valence-electron chi connectivity index (χ2n) is 10.7. The monoisotopic (exact) mass is 482 g/mol. The van der Waals surface area contributed by atoms with Gasteiger partial charge < -0.3 is 25.6 Å². The third kappa shape index (κ3) is 9.20. The molecule has 2 aromatic rings. The third-order valence-electron chi connectivity index (χ3n) is 5.79. The van der Waals surface area contributed by atoms with Crippen LogP contribution in [0, 0.1) is 27.7 Å². The van der Waals surface area contributed by atoms with Crippen LogP contribution in [0.3, 0.4) is 0 Å². The number of nitrogens with zero attached hydrogens (tertiary/aromatic N) is 3. The van der Waals surface area contributed by atoms with Crippen LogP contribution in [0.4, 0.5) is 4.79 Å². The number of carbonyl (C=O) groups excluding carboxylic acids is 1. The van der Waals surface area contributed by atoms with Crippen molar-refractivity contribution in [2.45, 2.75) is 79.2 Å². The minimum absolute atomic E-state index is 0.226. The van der Waals surface area contributed by atoms with Crippen LogP contribution in [-0.4, -0.2) is 64.8 Å². The summed E-state index contributed by atoms with van der Waals surface area (Å²) in [5.41, 5.74) is 6.42. The molecule has 35 heavy (non-hydrogen) atoms. The van der Waals surface area contributed by atoms with Gasteiger partial charge in [0.15, 0.2) is 0 Å². The van der Waals surface area contributed by atoms with Crippen molar-refractivity contribution < 1.29 is 9.53 Å². The maximum atomic E-state index is 11.8. The Morgan fingerprint density at radius 2 is 1.31 bits per heavy atom. The highest BCUT2D eigenvalue weighted by Gasteiger charge is 2.33. The van der Waals surface area contributed by atoms with Gasteiger partial charge in [-0.3, -0.25) is 9.97 Å².